The van der Waals surface area contributed by atoms with Crippen LogP contribution in [-0.2, 0) is 4.74 Å². The third kappa shape index (κ3) is 4.02. The fraction of sp³-hybridized carbons (Fsp3) is 0.889. The Morgan fingerprint density at radius 1 is 1.16 bits per heavy atom. The summed E-state index contributed by atoms with van der Waals surface area (Å²) in [5, 5.41) is 9.15. The Labute approximate surface area is 149 Å². The van der Waals surface area contributed by atoms with Crippen molar-refractivity contribution in [2.75, 3.05) is 32.8 Å². The van der Waals surface area contributed by atoms with E-state index in [0.717, 1.165) is 64.7 Å². The number of nitrogens with zero attached hydrogens (tertiary/aromatic N) is 3. The van der Waals surface area contributed by atoms with E-state index < -0.39 is 6.09 Å². The second-order valence-corrected chi connectivity index (χ2v) is 7.48. The number of carbonyl (C=O) groups excluding carboxylic acids is 1. The van der Waals surface area contributed by atoms with E-state index >= 15 is 0 Å². The predicted octanol–water partition coefficient (Wildman–Crippen LogP) is 2.60. The molecule has 0 aromatic rings. The van der Waals surface area contributed by atoms with Gasteiger partial charge in [-0.3, -0.25) is 0 Å². The Hall–Kier alpha value is -1.50. The number of hydrogen-bond donors (Lipinski definition) is 1. The van der Waals surface area contributed by atoms with Gasteiger partial charge >= 0.3 is 12.1 Å². The minimum absolute atomic E-state index is 0.168. The lowest BCUT2D eigenvalue weighted by atomic mass is 10.0. The average molecular weight is 353 g/mol. The number of likely N-dealkylation sites (tertiary alicyclic amines) is 1. The molecule has 0 saturated carbocycles. The van der Waals surface area contributed by atoms with E-state index in [-0.39, 0.29) is 18.1 Å². The van der Waals surface area contributed by atoms with Crippen LogP contribution in [0.15, 0.2) is 0 Å². The molecule has 3 amide bonds. The van der Waals surface area contributed by atoms with Crippen LogP contribution in [0.3, 0.4) is 0 Å². The van der Waals surface area contributed by atoms with Crippen LogP contribution in [0.5, 0.6) is 0 Å². The largest absolute Gasteiger partial charge is 0.465 e. The molecule has 0 aliphatic carbocycles. The quantitative estimate of drug-likeness (QED) is 0.824. The maximum atomic E-state index is 13.2. The lowest BCUT2D eigenvalue weighted by molar-refractivity contribution is 0.0494. The predicted molar refractivity (Wildman–Crippen MR) is 93.7 cm³/mol. The van der Waals surface area contributed by atoms with Crippen molar-refractivity contribution in [2.24, 2.45) is 0 Å². The summed E-state index contributed by atoms with van der Waals surface area (Å²) in [6.45, 7) is 5.55. The summed E-state index contributed by atoms with van der Waals surface area (Å²) < 4.78 is 5.45. The molecule has 25 heavy (non-hydrogen) atoms. The Kier molecular flexibility index (Phi) is 6.04. The fourth-order valence-corrected chi connectivity index (χ4v) is 4.46. The van der Waals surface area contributed by atoms with Gasteiger partial charge in [-0.25, -0.2) is 9.59 Å². The van der Waals surface area contributed by atoms with Crippen molar-refractivity contribution < 1.29 is 19.4 Å². The topological polar surface area (TPSA) is 73.3 Å². The first-order chi connectivity index (χ1) is 12.1. The monoisotopic (exact) mass is 353 g/mol. The van der Waals surface area contributed by atoms with Crippen LogP contribution in [0.25, 0.3) is 0 Å². The van der Waals surface area contributed by atoms with Gasteiger partial charge in [0.25, 0.3) is 0 Å². The lowest BCUT2D eigenvalue weighted by Crippen LogP contribution is -2.50. The number of amides is 3. The van der Waals surface area contributed by atoms with E-state index in [0.29, 0.717) is 19.1 Å². The van der Waals surface area contributed by atoms with Crippen LogP contribution >= 0.6 is 0 Å². The molecule has 142 valence electrons. The zero-order valence-electron chi connectivity index (χ0n) is 15.2. The zero-order valence-corrected chi connectivity index (χ0v) is 15.2. The maximum absolute atomic E-state index is 13.2. The van der Waals surface area contributed by atoms with Crippen LogP contribution in [-0.4, -0.2) is 82.9 Å². The van der Waals surface area contributed by atoms with Gasteiger partial charge in [0.05, 0.1) is 6.04 Å². The second kappa shape index (κ2) is 8.25. The summed E-state index contributed by atoms with van der Waals surface area (Å²) in [4.78, 5) is 30.0. The van der Waals surface area contributed by atoms with E-state index in [1.807, 2.05) is 0 Å². The van der Waals surface area contributed by atoms with E-state index in [9.17, 15) is 9.59 Å². The van der Waals surface area contributed by atoms with Crippen molar-refractivity contribution >= 4 is 12.1 Å². The van der Waals surface area contributed by atoms with Crippen molar-refractivity contribution in [3.05, 3.63) is 0 Å². The van der Waals surface area contributed by atoms with Crippen LogP contribution in [0, 0.1) is 0 Å². The van der Waals surface area contributed by atoms with Gasteiger partial charge in [-0.15, -0.1) is 0 Å². The molecule has 1 unspecified atom stereocenters. The number of carbonyl (C=O) groups is 2. The summed E-state index contributed by atoms with van der Waals surface area (Å²) >= 11 is 0. The van der Waals surface area contributed by atoms with Gasteiger partial charge in [0.1, 0.15) is 0 Å². The first-order valence-electron chi connectivity index (χ1n) is 9.76. The standard InChI is InChI=1S/C18H31N3O4/c1-2-3-4-16-13-20(14-7-11-25-12-8-14)17(22)21(16)15-5-9-19(10-6-15)18(23)24/h14-16H,2-13H2,1H3,(H,23,24). The summed E-state index contributed by atoms with van der Waals surface area (Å²) in [7, 11) is 0. The van der Waals surface area contributed by atoms with Gasteiger partial charge < -0.3 is 24.5 Å². The minimum Gasteiger partial charge on any atom is -0.465 e. The molecule has 3 fully saturated rings. The van der Waals surface area contributed by atoms with Gasteiger partial charge in [-0.1, -0.05) is 19.8 Å². The Morgan fingerprint density at radius 3 is 2.44 bits per heavy atom. The van der Waals surface area contributed by atoms with Crippen LogP contribution in [0.1, 0.15) is 51.9 Å². The highest BCUT2D eigenvalue weighted by atomic mass is 16.5. The molecular formula is C18H31N3O4. The molecule has 7 heteroatoms. The number of rotatable bonds is 5. The normalized spacial score (nSPS) is 26.5. The van der Waals surface area contributed by atoms with E-state index in [1.54, 1.807) is 0 Å². The molecule has 3 heterocycles. The smallest absolute Gasteiger partial charge is 0.407 e. The maximum Gasteiger partial charge on any atom is 0.407 e. The zero-order chi connectivity index (χ0) is 17.8. The summed E-state index contributed by atoms with van der Waals surface area (Å²) in [5.74, 6) is 0. The van der Waals surface area contributed by atoms with Gasteiger partial charge in [-0.05, 0) is 32.1 Å². The molecule has 7 nitrogen and oxygen atoms in total. The molecule has 0 spiro atoms. The number of carboxylic acid groups (broad SMARTS) is 1. The highest BCUT2D eigenvalue weighted by molar-refractivity contribution is 5.78. The molecule has 3 aliphatic heterocycles. The van der Waals surface area contributed by atoms with E-state index in [2.05, 4.69) is 16.7 Å². The summed E-state index contributed by atoms with van der Waals surface area (Å²) in [6.07, 6.45) is 5.82. The number of hydrogen-bond acceptors (Lipinski definition) is 3. The number of ether oxygens (including phenoxy) is 1. The van der Waals surface area contributed by atoms with Crippen molar-refractivity contribution in [1.29, 1.82) is 0 Å². The Balaban J connectivity index is 1.68. The van der Waals surface area contributed by atoms with Crippen LogP contribution in [0.4, 0.5) is 9.59 Å². The SMILES string of the molecule is CCCCC1CN(C2CCOCC2)C(=O)N1C1CCN(C(=O)O)CC1. The fourth-order valence-electron chi connectivity index (χ4n) is 4.46. The van der Waals surface area contributed by atoms with Crippen molar-refractivity contribution in [3.63, 3.8) is 0 Å². The number of unbranched alkanes of at least 4 members (excludes halogenated alkanes) is 1. The first-order valence-corrected chi connectivity index (χ1v) is 9.76. The molecule has 0 radical (unpaired) electrons. The number of urea groups is 1. The Morgan fingerprint density at radius 2 is 1.84 bits per heavy atom. The molecule has 1 atom stereocenters. The third-order valence-corrected chi connectivity index (χ3v) is 5.92. The van der Waals surface area contributed by atoms with Crippen molar-refractivity contribution in [1.82, 2.24) is 14.7 Å². The summed E-state index contributed by atoms with van der Waals surface area (Å²) in [6, 6.07) is 0.919. The molecular weight excluding hydrogens is 322 g/mol. The molecule has 0 aromatic heterocycles. The van der Waals surface area contributed by atoms with Gasteiger partial charge in [0, 0.05) is 44.9 Å². The Bertz CT molecular complexity index is 473. The molecule has 3 saturated heterocycles. The highest BCUT2D eigenvalue weighted by Crippen LogP contribution is 2.31. The second-order valence-electron chi connectivity index (χ2n) is 7.48. The average Bonchev–Trinajstić information content (AvgIpc) is 2.97. The lowest BCUT2D eigenvalue weighted by Gasteiger charge is -2.38. The molecule has 1 N–H and O–H groups in total. The summed E-state index contributed by atoms with van der Waals surface area (Å²) in [5.41, 5.74) is 0. The van der Waals surface area contributed by atoms with Crippen molar-refractivity contribution in [2.45, 2.75) is 70.0 Å². The van der Waals surface area contributed by atoms with Crippen molar-refractivity contribution in [3.8, 4) is 0 Å². The minimum atomic E-state index is -0.849. The van der Waals surface area contributed by atoms with Crippen LogP contribution in [0.2, 0.25) is 0 Å². The molecule has 0 aromatic carbocycles. The molecule has 3 rings (SSSR count). The van der Waals surface area contributed by atoms with Gasteiger partial charge in [-0.2, -0.15) is 0 Å². The number of piperidine rings is 1. The molecule has 3 aliphatic rings. The first kappa shape index (κ1) is 18.3. The van der Waals surface area contributed by atoms with E-state index in [4.69, 9.17) is 9.84 Å². The highest BCUT2D eigenvalue weighted by Gasteiger charge is 2.44. The molecule has 0 bridgehead atoms. The third-order valence-electron chi connectivity index (χ3n) is 5.92. The van der Waals surface area contributed by atoms with Gasteiger partial charge in [0.15, 0.2) is 0 Å². The van der Waals surface area contributed by atoms with Gasteiger partial charge in [0.2, 0.25) is 0 Å². The van der Waals surface area contributed by atoms with E-state index in [1.165, 1.54) is 4.90 Å². The van der Waals surface area contributed by atoms with Crippen LogP contribution < -0.4 is 0 Å².